The summed E-state index contributed by atoms with van der Waals surface area (Å²) in [5, 5.41) is 20.9. The van der Waals surface area contributed by atoms with Gasteiger partial charge >= 0.3 is 11.9 Å². The minimum absolute atomic E-state index is 0.0301. The Morgan fingerprint density at radius 3 is 2.02 bits per heavy atom. The minimum Gasteiger partial charge on any atom is -0.481 e. The summed E-state index contributed by atoms with van der Waals surface area (Å²) < 4.78 is 7.92. The summed E-state index contributed by atoms with van der Waals surface area (Å²) >= 11 is 0. The van der Waals surface area contributed by atoms with Gasteiger partial charge in [0.2, 0.25) is 0 Å². The van der Waals surface area contributed by atoms with Gasteiger partial charge in [0.1, 0.15) is 42.3 Å². The van der Waals surface area contributed by atoms with Gasteiger partial charge < -0.3 is 34.3 Å². The number of aliphatic carboxylic acids is 2. The first-order valence-corrected chi connectivity index (χ1v) is 20.8. The number of piperidine rings is 2. The van der Waals surface area contributed by atoms with Crippen LogP contribution in [0, 0.1) is 22.7 Å². The Balaban J connectivity index is 0.000000160. The molecule has 2 aliphatic carbocycles. The Kier molecular flexibility index (Phi) is 8.43. The van der Waals surface area contributed by atoms with Gasteiger partial charge in [0, 0.05) is 64.1 Å². The van der Waals surface area contributed by atoms with Crippen molar-refractivity contribution in [2.45, 2.75) is 70.9 Å². The molecule has 0 aromatic carbocycles. The van der Waals surface area contributed by atoms with Crippen LogP contribution < -0.4 is 9.80 Å². The number of carbonyl (C=O) groups is 2. The molecular formula is C34H46N8O5Si. The Morgan fingerprint density at radius 2 is 1.46 bits per heavy atom. The average Bonchev–Trinajstić information content (AvgIpc) is 3.87. The van der Waals surface area contributed by atoms with E-state index in [1.165, 1.54) is 0 Å². The lowest BCUT2D eigenvalue weighted by Crippen LogP contribution is -2.45. The molecule has 2 saturated carbocycles. The molecule has 2 spiro atoms. The maximum Gasteiger partial charge on any atom is 0.307 e. The van der Waals surface area contributed by atoms with E-state index in [1.54, 1.807) is 12.7 Å². The van der Waals surface area contributed by atoms with Gasteiger partial charge in [-0.2, -0.15) is 0 Å². The van der Waals surface area contributed by atoms with Gasteiger partial charge in [0.15, 0.2) is 0 Å². The summed E-state index contributed by atoms with van der Waals surface area (Å²) in [5.74, 6) is 0.142. The maximum absolute atomic E-state index is 11.6. The molecule has 0 bridgehead atoms. The quantitative estimate of drug-likeness (QED) is 0.160. The second-order valence-corrected chi connectivity index (χ2v) is 21.1. The van der Waals surface area contributed by atoms with E-state index in [4.69, 9.17) is 4.74 Å². The molecule has 13 nitrogen and oxygen atoms in total. The smallest absolute Gasteiger partial charge is 0.307 e. The number of hydrogen-bond donors (Lipinski definition) is 3. The van der Waals surface area contributed by atoms with Crippen LogP contribution in [-0.4, -0.2) is 92.5 Å². The van der Waals surface area contributed by atoms with Crippen molar-refractivity contribution in [3.8, 4) is 0 Å². The highest BCUT2D eigenvalue weighted by Crippen LogP contribution is 2.57. The Bertz CT molecular complexity index is 1810. The van der Waals surface area contributed by atoms with Crippen LogP contribution >= 0.6 is 0 Å². The molecule has 14 heteroatoms. The summed E-state index contributed by atoms with van der Waals surface area (Å²) in [7, 11) is -1.09. The van der Waals surface area contributed by atoms with Gasteiger partial charge in [-0.05, 0) is 56.7 Å². The van der Waals surface area contributed by atoms with Crippen molar-refractivity contribution < 1.29 is 24.5 Å². The van der Waals surface area contributed by atoms with Crippen LogP contribution in [0.4, 0.5) is 11.6 Å². The van der Waals surface area contributed by atoms with Crippen molar-refractivity contribution in [2.75, 3.05) is 42.6 Å². The second kappa shape index (κ2) is 12.4. The van der Waals surface area contributed by atoms with Gasteiger partial charge in [-0.1, -0.05) is 19.6 Å². The second-order valence-electron chi connectivity index (χ2n) is 15.4. The summed E-state index contributed by atoms with van der Waals surface area (Å²) in [6.07, 6.45) is 12.5. The zero-order valence-corrected chi connectivity index (χ0v) is 29.1. The van der Waals surface area contributed by atoms with E-state index >= 15 is 0 Å². The molecule has 8 rings (SSSR count). The van der Waals surface area contributed by atoms with Crippen molar-refractivity contribution in [3.05, 3.63) is 37.2 Å². The minimum atomic E-state index is -1.09. The van der Waals surface area contributed by atoms with Crippen LogP contribution in [0.5, 0.6) is 0 Å². The first-order valence-electron chi connectivity index (χ1n) is 17.1. The molecule has 4 aromatic rings. The van der Waals surface area contributed by atoms with Gasteiger partial charge in [0.05, 0.1) is 22.6 Å². The number of fused-ring (bicyclic) bond motifs is 2. The number of nitrogens with one attached hydrogen (secondary N) is 1. The molecule has 4 aromatic heterocycles. The first kappa shape index (κ1) is 32.5. The molecule has 0 radical (unpaired) electrons. The average molecular weight is 675 g/mol. The van der Waals surface area contributed by atoms with Gasteiger partial charge in [-0.3, -0.25) is 9.59 Å². The topological polar surface area (TPSA) is 163 Å². The zero-order valence-electron chi connectivity index (χ0n) is 28.1. The van der Waals surface area contributed by atoms with Gasteiger partial charge in [0.25, 0.3) is 0 Å². The summed E-state index contributed by atoms with van der Waals surface area (Å²) in [6.45, 7) is 11.4. The third kappa shape index (κ3) is 6.39. The monoisotopic (exact) mass is 674 g/mol. The molecule has 4 aliphatic rings. The number of aromatic nitrogens is 6. The van der Waals surface area contributed by atoms with E-state index in [0.717, 1.165) is 98.2 Å². The highest BCUT2D eigenvalue weighted by atomic mass is 28.3. The lowest BCUT2D eigenvalue weighted by Gasteiger charge is -2.38. The van der Waals surface area contributed by atoms with Crippen LogP contribution in [0.2, 0.25) is 25.7 Å². The zero-order chi connectivity index (χ0) is 33.7. The first-order chi connectivity index (χ1) is 23.0. The van der Waals surface area contributed by atoms with Crippen LogP contribution in [-0.2, 0) is 21.1 Å². The molecule has 0 unspecified atom stereocenters. The SMILES string of the molecule is C[Si](C)(C)CCOCn1ccc2c(N3CC[C@@H](C(=O)O)C4(CC4)C3)ncnc21.O=C(O)[C@@H]1CCN(c2ncnc3[nH]ccc23)CC12CC2. The van der Waals surface area contributed by atoms with Gasteiger partial charge in [-0.15, -0.1) is 0 Å². The van der Waals surface area contributed by atoms with Crippen molar-refractivity contribution in [3.63, 3.8) is 0 Å². The Morgan fingerprint density at radius 1 is 0.875 bits per heavy atom. The van der Waals surface area contributed by atoms with Crippen molar-refractivity contribution in [1.29, 1.82) is 0 Å². The molecule has 3 N–H and O–H groups in total. The standard InChI is InChI=1S/C20H30N4O3Si.C14H16N4O2/c1-28(2,3)11-10-27-14-24-8-4-15-17(21-13-22-18(15)24)23-9-5-16(19(25)26)20(12-23)6-7-20;19-13(20)10-2-6-18(7-14(10)3-4-14)12-9-1-5-15-11(9)16-8-17-12/h4,8,13,16H,5-7,9-12,14H2,1-3H3,(H,25,26);1,5,8,10H,2-4,6-7H2,(H,19,20)(H,15,16,17)/t16-;10-/m00/s1. The fourth-order valence-electron chi connectivity index (χ4n) is 7.79. The fourth-order valence-corrected chi connectivity index (χ4v) is 8.54. The number of hydrogen-bond acceptors (Lipinski definition) is 9. The van der Waals surface area contributed by atoms with Gasteiger partial charge in [-0.25, -0.2) is 19.9 Å². The van der Waals surface area contributed by atoms with Crippen molar-refractivity contribution in [2.24, 2.45) is 22.7 Å². The number of H-pyrrole nitrogens is 1. The largest absolute Gasteiger partial charge is 0.481 e. The van der Waals surface area contributed by atoms with E-state index in [9.17, 15) is 19.8 Å². The molecule has 4 fully saturated rings. The third-order valence-corrected chi connectivity index (χ3v) is 12.6. The summed E-state index contributed by atoms with van der Waals surface area (Å²) in [6, 6.07) is 5.18. The predicted octanol–water partition coefficient (Wildman–Crippen LogP) is 5.08. The normalized spacial score (nSPS) is 22.6. The van der Waals surface area contributed by atoms with Crippen molar-refractivity contribution in [1.82, 2.24) is 29.5 Å². The molecule has 2 aliphatic heterocycles. The number of carboxylic acids is 2. The molecule has 6 heterocycles. The van der Waals surface area contributed by atoms with Crippen LogP contribution in [0.1, 0.15) is 38.5 Å². The lowest BCUT2D eigenvalue weighted by atomic mass is 9.82. The number of nitrogens with zero attached hydrogens (tertiary/aromatic N) is 7. The Labute approximate surface area is 280 Å². The lowest BCUT2D eigenvalue weighted by molar-refractivity contribution is -0.146. The summed E-state index contributed by atoms with van der Waals surface area (Å²) in [5.41, 5.74) is 1.62. The molecule has 256 valence electrons. The van der Waals surface area contributed by atoms with Crippen LogP contribution in [0.3, 0.4) is 0 Å². The maximum atomic E-state index is 11.6. The van der Waals surface area contributed by atoms with E-state index in [2.05, 4.69) is 60.4 Å². The third-order valence-electron chi connectivity index (χ3n) is 10.9. The van der Waals surface area contributed by atoms with E-state index in [-0.39, 0.29) is 22.7 Å². The van der Waals surface area contributed by atoms with Crippen LogP contribution in [0.15, 0.2) is 37.2 Å². The highest BCUT2D eigenvalue weighted by Gasteiger charge is 2.56. The highest BCUT2D eigenvalue weighted by molar-refractivity contribution is 6.76. The predicted molar refractivity (Wildman–Crippen MR) is 185 cm³/mol. The van der Waals surface area contributed by atoms with Crippen molar-refractivity contribution >= 4 is 53.7 Å². The van der Waals surface area contributed by atoms with Crippen LogP contribution in [0.25, 0.3) is 22.1 Å². The molecular weight excluding hydrogens is 629 g/mol. The number of aromatic amines is 1. The summed E-state index contributed by atoms with van der Waals surface area (Å²) in [4.78, 5) is 48.2. The molecule has 2 atom stereocenters. The molecule has 0 amide bonds. The number of rotatable bonds is 9. The number of carboxylic acid groups (broad SMARTS) is 2. The molecule has 48 heavy (non-hydrogen) atoms. The van der Waals surface area contributed by atoms with E-state index in [0.29, 0.717) is 19.6 Å². The Hall–Kier alpha value is -4.04. The molecule has 2 saturated heterocycles. The number of ether oxygens (including phenoxy) is 1. The number of anilines is 2. The van der Waals surface area contributed by atoms with E-state index in [1.807, 2.05) is 23.0 Å². The van der Waals surface area contributed by atoms with E-state index < -0.39 is 20.0 Å². The fraction of sp³-hybridized carbons (Fsp3) is 0.588.